The van der Waals surface area contributed by atoms with Crippen LogP contribution in [-0.4, -0.2) is 65.9 Å². The average molecular weight is 372 g/mol. The Kier molecular flexibility index (Phi) is 7.25. The summed E-state index contributed by atoms with van der Waals surface area (Å²) in [6.45, 7) is 15.2. The fraction of sp³-hybridized carbons (Fsp3) is 0.647. The van der Waals surface area contributed by atoms with Gasteiger partial charge in [0, 0.05) is 0 Å². The normalized spacial score (nSPS) is 14.8. The predicted octanol–water partition coefficient (Wildman–Crippen LogP) is 3.41. The molecule has 132 valence electrons. The molecule has 0 saturated carbocycles. The van der Waals surface area contributed by atoms with Crippen molar-refractivity contribution in [1.29, 1.82) is 0 Å². The molecule has 0 radical (unpaired) electrons. The number of benzene rings is 1. The van der Waals surface area contributed by atoms with Gasteiger partial charge in [0.05, 0.1) is 0 Å². The molecule has 0 unspecified atom stereocenters. The van der Waals surface area contributed by atoms with Crippen molar-refractivity contribution < 1.29 is 22.3 Å². The van der Waals surface area contributed by atoms with Gasteiger partial charge in [0.2, 0.25) is 0 Å². The molecule has 0 saturated heterocycles. The average Bonchev–Trinajstić information content (AvgIpc) is 2.24. The molecule has 1 rings (SSSR count). The van der Waals surface area contributed by atoms with E-state index in [-0.39, 0.29) is 63.8 Å². The number of phenols is 1. The van der Waals surface area contributed by atoms with Gasteiger partial charge in [0.25, 0.3) is 0 Å². The number of hydrogen-bond donors (Lipinski definition) is 3. The summed E-state index contributed by atoms with van der Waals surface area (Å²) in [6, 6.07) is 3.33. The summed E-state index contributed by atoms with van der Waals surface area (Å²) in [5.41, 5.74) is 0.722. The van der Waals surface area contributed by atoms with Crippen molar-refractivity contribution in [2.45, 2.75) is 59.3 Å². The smallest absolute Gasteiger partial charge is 1.00 e. The minimum absolute atomic E-state index is 0. The molecule has 0 amide bonds. The molecule has 23 heavy (non-hydrogen) atoms. The Hall–Kier alpha value is 0.590. The zero-order valence-corrected chi connectivity index (χ0v) is 18.9. The number of aromatic hydroxyl groups is 1. The molecule has 0 aliphatic heterocycles. The Morgan fingerprint density at radius 3 is 1.61 bits per heavy atom. The van der Waals surface area contributed by atoms with Gasteiger partial charge in [-0.2, -0.15) is 0 Å². The Morgan fingerprint density at radius 1 is 1.00 bits per heavy atom. The van der Waals surface area contributed by atoms with Crippen LogP contribution in [0.4, 0.5) is 0 Å². The molecule has 3 N–H and O–H groups in total. The predicted molar refractivity (Wildman–Crippen MR) is 102 cm³/mol. The van der Waals surface area contributed by atoms with E-state index >= 15 is 0 Å². The van der Waals surface area contributed by atoms with Crippen LogP contribution in [0.25, 0.3) is 0 Å². The first-order valence-electron chi connectivity index (χ1n) is 7.63. The van der Waals surface area contributed by atoms with Gasteiger partial charge in [0.1, 0.15) is 0 Å². The maximum absolute atomic E-state index is 10.7. The van der Waals surface area contributed by atoms with Crippen molar-refractivity contribution in [3.63, 3.8) is 0 Å². The molecule has 0 fully saturated rings. The molecule has 0 heterocycles. The van der Waals surface area contributed by atoms with Gasteiger partial charge in [-0.25, -0.2) is 0 Å². The SMILES string of the molecule is CCOP(C)(O)(O)c1cc(C(C)(C)C)c(O)c(C(C)(C)C)c1.[Ca+2].[H-].[H-]. The van der Waals surface area contributed by atoms with Crippen LogP contribution in [0.2, 0.25) is 0 Å². The Morgan fingerprint density at radius 2 is 1.35 bits per heavy atom. The Labute approximate surface area is 173 Å². The van der Waals surface area contributed by atoms with Crippen LogP contribution in [-0.2, 0) is 15.4 Å². The second-order valence-electron chi connectivity index (χ2n) is 8.16. The molecule has 0 spiro atoms. The van der Waals surface area contributed by atoms with Crippen molar-refractivity contribution in [2.24, 2.45) is 0 Å². The fourth-order valence-corrected chi connectivity index (χ4v) is 4.06. The van der Waals surface area contributed by atoms with Crippen molar-refractivity contribution >= 4 is 50.3 Å². The van der Waals surface area contributed by atoms with Crippen molar-refractivity contribution in [1.82, 2.24) is 0 Å². The van der Waals surface area contributed by atoms with Crippen molar-refractivity contribution in [2.75, 3.05) is 13.3 Å². The third kappa shape index (κ3) is 5.54. The third-order valence-corrected chi connectivity index (χ3v) is 6.07. The molecule has 1 aromatic carbocycles. The quantitative estimate of drug-likeness (QED) is 0.562. The molecule has 0 aliphatic rings. The van der Waals surface area contributed by atoms with Crippen LogP contribution in [0.3, 0.4) is 0 Å². The molecular formula is C17H33CaO4P. The Balaban J connectivity index is -0.00000161. The van der Waals surface area contributed by atoms with Crippen LogP contribution in [0.5, 0.6) is 5.75 Å². The maximum atomic E-state index is 10.7. The largest absolute Gasteiger partial charge is 2.00 e. The molecule has 6 heteroatoms. The topological polar surface area (TPSA) is 69.9 Å². The van der Waals surface area contributed by atoms with Crippen LogP contribution < -0.4 is 5.30 Å². The van der Waals surface area contributed by atoms with E-state index in [0.29, 0.717) is 16.4 Å². The van der Waals surface area contributed by atoms with Crippen molar-refractivity contribution in [3.05, 3.63) is 23.3 Å². The molecule has 1 aromatic rings. The zero-order chi connectivity index (χ0) is 17.6. The fourth-order valence-electron chi connectivity index (χ4n) is 2.44. The molecule has 0 aromatic heterocycles. The van der Waals surface area contributed by atoms with E-state index in [0.717, 1.165) is 0 Å². The second-order valence-corrected chi connectivity index (χ2v) is 11.6. The number of rotatable bonds is 3. The summed E-state index contributed by atoms with van der Waals surface area (Å²) in [6.07, 6.45) is 0. The second kappa shape index (κ2) is 7.07. The van der Waals surface area contributed by atoms with Gasteiger partial charge in [-0.05, 0) is 0 Å². The van der Waals surface area contributed by atoms with E-state index in [4.69, 9.17) is 4.52 Å². The van der Waals surface area contributed by atoms with E-state index in [1.165, 1.54) is 6.66 Å². The molecule has 0 aliphatic carbocycles. The van der Waals surface area contributed by atoms with E-state index in [2.05, 4.69) is 0 Å². The molecule has 4 nitrogen and oxygen atoms in total. The van der Waals surface area contributed by atoms with Crippen LogP contribution in [0.1, 0.15) is 62.4 Å². The summed E-state index contributed by atoms with van der Waals surface area (Å²) in [4.78, 5) is 21.4. The maximum Gasteiger partial charge on any atom is 2.00 e. The number of phenolic OH excluding ortho intramolecular Hbond substituents is 1. The van der Waals surface area contributed by atoms with Crippen LogP contribution in [0, 0.1) is 0 Å². The van der Waals surface area contributed by atoms with Gasteiger partial charge in [0.15, 0.2) is 0 Å². The number of hydrogen-bond acceptors (Lipinski definition) is 4. The molecular weight excluding hydrogens is 339 g/mol. The summed E-state index contributed by atoms with van der Waals surface area (Å²) in [5.74, 6) is 0.215. The molecule has 0 atom stereocenters. The zero-order valence-electron chi connectivity index (χ0n) is 17.8. The van der Waals surface area contributed by atoms with E-state index in [1.54, 1.807) is 19.1 Å². The monoisotopic (exact) mass is 372 g/mol. The summed E-state index contributed by atoms with van der Waals surface area (Å²) in [7, 11) is -4.41. The summed E-state index contributed by atoms with van der Waals surface area (Å²) < 4.78 is 5.34. The van der Waals surface area contributed by atoms with Gasteiger partial charge >= 0.3 is 171 Å². The van der Waals surface area contributed by atoms with Crippen molar-refractivity contribution in [3.8, 4) is 5.75 Å². The first-order chi connectivity index (χ1) is 9.58. The van der Waals surface area contributed by atoms with Gasteiger partial charge in [-0.15, -0.1) is 0 Å². The van der Waals surface area contributed by atoms with E-state index < -0.39 is 7.28 Å². The minimum atomic E-state index is -4.41. The third-order valence-electron chi connectivity index (χ3n) is 3.74. The first-order valence-corrected chi connectivity index (χ1v) is 10.1. The Bertz CT molecular complexity index is 538. The molecule has 0 bridgehead atoms. The van der Waals surface area contributed by atoms with E-state index in [1.807, 2.05) is 41.5 Å². The van der Waals surface area contributed by atoms with Crippen LogP contribution in [0.15, 0.2) is 12.1 Å². The van der Waals surface area contributed by atoms with Crippen LogP contribution >= 0.6 is 7.28 Å². The van der Waals surface area contributed by atoms with Gasteiger partial charge < -0.3 is 2.85 Å². The summed E-state index contributed by atoms with van der Waals surface area (Å²) >= 11 is 0. The van der Waals surface area contributed by atoms with Gasteiger partial charge in [-0.3, -0.25) is 0 Å². The van der Waals surface area contributed by atoms with E-state index in [9.17, 15) is 14.9 Å². The van der Waals surface area contributed by atoms with Gasteiger partial charge in [-0.1, -0.05) is 0 Å². The standard InChI is InChI=1S/C17H31O4P.Ca.2H/c1-9-21-22(8,19,20)12-10-13(16(2,3)4)15(18)14(11-12)17(5,6)7;;;/h10-11,18-20H,9H2,1-8H3;;;/q;+2;2*-1. The summed E-state index contributed by atoms with van der Waals surface area (Å²) in [5, 5.41) is 11.0. The minimum Gasteiger partial charge on any atom is -1.00 e. The first kappa shape index (κ1) is 23.6.